The molecule has 0 heterocycles. The maximum Gasteiger partial charge on any atom is -0.000673 e. The van der Waals surface area contributed by atoms with Crippen LogP contribution >= 0.6 is 0 Å². The molecule has 0 nitrogen and oxygen atoms in total. The highest BCUT2D eigenvalue weighted by atomic mass is 14.1. The van der Waals surface area contributed by atoms with E-state index in [2.05, 4.69) is 57.2 Å². The lowest BCUT2D eigenvalue weighted by atomic mass is 9.93. The smallest absolute Gasteiger partial charge is 0.000673 e. The molecule has 1 aliphatic carbocycles. The van der Waals surface area contributed by atoms with E-state index < -0.39 is 0 Å². The Balaban J connectivity index is 2.24. The van der Waals surface area contributed by atoms with Gasteiger partial charge in [0.25, 0.3) is 0 Å². The molecule has 0 saturated carbocycles. The van der Waals surface area contributed by atoms with E-state index in [4.69, 9.17) is 0 Å². The predicted octanol–water partition coefficient (Wildman–Crippen LogP) is 3.90. The van der Waals surface area contributed by atoms with Crippen LogP contribution in [0.4, 0.5) is 0 Å². The number of rotatable bonds is 2. The summed E-state index contributed by atoms with van der Waals surface area (Å²) in [4.78, 5) is 0. The highest BCUT2D eigenvalue weighted by molar-refractivity contribution is 5.37. The summed E-state index contributed by atoms with van der Waals surface area (Å²) in [6.45, 7) is 6.59. The first-order valence-electron chi connectivity index (χ1n) is 5.58. The topological polar surface area (TPSA) is 0 Å². The Hall–Kier alpha value is -1.30. The highest BCUT2D eigenvalue weighted by Crippen LogP contribution is 2.21. The third-order valence-electron chi connectivity index (χ3n) is 3.24. The Morgan fingerprint density at radius 1 is 0.867 bits per heavy atom. The van der Waals surface area contributed by atoms with E-state index in [9.17, 15) is 0 Å². The first-order chi connectivity index (χ1) is 7.16. The normalized spacial score (nSPS) is 15.1. The zero-order valence-electron chi connectivity index (χ0n) is 9.75. The summed E-state index contributed by atoms with van der Waals surface area (Å²) in [6, 6.07) is 4.64. The second-order valence-electron chi connectivity index (χ2n) is 4.50. The molecule has 15 heavy (non-hydrogen) atoms. The zero-order chi connectivity index (χ0) is 10.8. The summed E-state index contributed by atoms with van der Waals surface area (Å²) in [5.41, 5.74) is 5.71. The summed E-state index contributed by atoms with van der Waals surface area (Å²) in [7, 11) is 0. The third-order valence-corrected chi connectivity index (χ3v) is 3.24. The van der Waals surface area contributed by atoms with Gasteiger partial charge in [0.2, 0.25) is 0 Å². The summed E-state index contributed by atoms with van der Waals surface area (Å²) >= 11 is 0. The van der Waals surface area contributed by atoms with Gasteiger partial charge >= 0.3 is 0 Å². The Morgan fingerprint density at radius 2 is 1.47 bits per heavy atom. The summed E-state index contributed by atoms with van der Waals surface area (Å²) < 4.78 is 0. The van der Waals surface area contributed by atoms with Gasteiger partial charge in [0, 0.05) is 0 Å². The monoisotopic (exact) mass is 198 g/mol. The van der Waals surface area contributed by atoms with Crippen LogP contribution in [-0.2, 0) is 6.42 Å². The van der Waals surface area contributed by atoms with Gasteiger partial charge in [0.05, 0.1) is 0 Å². The van der Waals surface area contributed by atoms with E-state index in [0.29, 0.717) is 5.92 Å². The van der Waals surface area contributed by atoms with Crippen LogP contribution in [0.3, 0.4) is 0 Å². The Morgan fingerprint density at radius 3 is 2.13 bits per heavy atom. The molecular weight excluding hydrogens is 180 g/mol. The van der Waals surface area contributed by atoms with Crippen molar-refractivity contribution in [1.29, 1.82) is 0 Å². The fraction of sp³-hybridized carbons (Fsp3) is 0.333. The van der Waals surface area contributed by atoms with Gasteiger partial charge in [-0.3, -0.25) is 0 Å². The zero-order valence-corrected chi connectivity index (χ0v) is 9.75. The van der Waals surface area contributed by atoms with Gasteiger partial charge in [-0.05, 0) is 55.4 Å². The minimum atomic E-state index is 0.603. The fourth-order valence-electron chi connectivity index (χ4n) is 2.11. The first-order valence-corrected chi connectivity index (χ1v) is 5.58. The standard InChI is InChI=1S/C15H18/c1-11-8-13(3)15(9-12(11)2)10-14-6-4-5-7-14/h4-9,14H,10H2,1-3H3. The van der Waals surface area contributed by atoms with E-state index in [1.807, 2.05) is 0 Å². The molecule has 1 aliphatic rings. The van der Waals surface area contributed by atoms with Crippen LogP contribution in [0.15, 0.2) is 36.4 Å². The summed E-state index contributed by atoms with van der Waals surface area (Å²) in [5, 5.41) is 0. The van der Waals surface area contributed by atoms with Crippen LogP contribution in [0.5, 0.6) is 0 Å². The molecule has 0 heteroatoms. The van der Waals surface area contributed by atoms with Gasteiger partial charge in [0.15, 0.2) is 0 Å². The van der Waals surface area contributed by atoms with E-state index in [1.54, 1.807) is 0 Å². The number of hydrogen-bond donors (Lipinski definition) is 0. The van der Waals surface area contributed by atoms with Crippen LogP contribution in [0, 0.1) is 26.7 Å². The molecule has 0 amide bonds. The van der Waals surface area contributed by atoms with Crippen LogP contribution in [0.2, 0.25) is 0 Å². The maximum atomic E-state index is 2.34. The maximum absolute atomic E-state index is 2.34. The van der Waals surface area contributed by atoms with Crippen LogP contribution in [0.1, 0.15) is 22.3 Å². The van der Waals surface area contributed by atoms with Crippen molar-refractivity contribution in [3.63, 3.8) is 0 Å². The fourth-order valence-corrected chi connectivity index (χ4v) is 2.11. The minimum Gasteiger partial charge on any atom is -0.0773 e. The highest BCUT2D eigenvalue weighted by Gasteiger charge is 2.08. The molecule has 0 saturated heterocycles. The predicted molar refractivity (Wildman–Crippen MR) is 66.1 cm³/mol. The van der Waals surface area contributed by atoms with E-state index in [-0.39, 0.29) is 0 Å². The second-order valence-corrected chi connectivity index (χ2v) is 4.50. The molecule has 2 rings (SSSR count). The molecule has 1 aromatic carbocycles. The van der Waals surface area contributed by atoms with Crippen molar-refractivity contribution in [3.05, 3.63) is 58.7 Å². The van der Waals surface area contributed by atoms with Gasteiger partial charge in [-0.1, -0.05) is 36.4 Å². The van der Waals surface area contributed by atoms with Crippen molar-refractivity contribution in [3.8, 4) is 0 Å². The number of benzene rings is 1. The first kappa shape index (κ1) is 10.2. The van der Waals surface area contributed by atoms with Crippen LogP contribution in [0.25, 0.3) is 0 Å². The van der Waals surface area contributed by atoms with Crippen molar-refractivity contribution in [1.82, 2.24) is 0 Å². The molecule has 0 fully saturated rings. The molecule has 1 aromatic rings. The number of aryl methyl sites for hydroxylation is 3. The van der Waals surface area contributed by atoms with Crippen LogP contribution < -0.4 is 0 Å². The lowest BCUT2D eigenvalue weighted by Gasteiger charge is -2.12. The quantitative estimate of drug-likeness (QED) is 0.676. The van der Waals surface area contributed by atoms with E-state index >= 15 is 0 Å². The lowest BCUT2D eigenvalue weighted by Crippen LogP contribution is -1.99. The average molecular weight is 198 g/mol. The average Bonchev–Trinajstić information content (AvgIpc) is 2.67. The molecule has 78 valence electrons. The molecule has 0 atom stereocenters. The molecule has 0 N–H and O–H groups in total. The summed E-state index contributed by atoms with van der Waals surface area (Å²) in [6.07, 6.45) is 9.96. The number of allylic oxidation sites excluding steroid dienone is 4. The van der Waals surface area contributed by atoms with Crippen molar-refractivity contribution >= 4 is 0 Å². The van der Waals surface area contributed by atoms with E-state index in [1.165, 1.54) is 22.3 Å². The molecule has 0 aliphatic heterocycles. The van der Waals surface area contributed by atoms with Crippen molar-refractivity contribution in [2.45, 2.75) is 27.2 Å². The molecule has 0 aromatic heterocycles. The van der Waals surface area contributed by atoms with Crippen molar-refractivity contribution in [2.75, 3.05) is 0 Å². The van der Waals surface area contributed by atoms with Crippen molar-refractivity contribution in [2.24, 2.45) is 5.92 Å². The minimum absolute atomic E-state index is 0.603. The van der Waals surface area contributed by atoms with Crippen LogP contribution in [-0.4, -0.2) is 0 Å². The third kappa shape index (κ3) is 2.20. The molecule has 0 bridgehead atoms. The van der Waals surface area contributed by atoms with Gasteiger partial charge in [-0.2, -0.15) is 0 Å². The Kier molecular flexibility index (Phi) is 2.77. The molecule has 0 spiro atoms. The van der Waals surface area contributed by atoms with Gasteiger partial charge in [0.1, 0.15) is 0 Å². The lowest BCUT2D eigenvalue weighted by molar-refractivity contribution is 0.809. The van der Waals surface area contributed by atoms with Gasteiger partial charge in [-0.15, -0.1) is 0 Å². The van der Waals surface area contributed by atoms with E-state index in [0.717, 1.165) is 6.42 Å². The van der Waals surface area contributed by atoms with Crippen molar-refractivity contribution < 1.29 is 0 Å². The molecule has 0 radical (unpaired) electrons. The Bertz CT molecular complexity index is 410. The van der Waals surface area contributed by atoms with Gasteiger partial charge < -0.3 is 0 Å². The number of hydrogen-bond acceptors (Lipinski definition) is 0. The van der Waals surface area contributed by atoms with Gasteiger partial charge in [-0.25, -0.2) is 0 Å². The summed E-state index contributed by atoms with van der Waals surface area (Å²) in [5.74, 6) is 0.603. The SMILES string of the molecule is Cc1cc(C)c(CC2C=CC=C2)cc1C. The molecular formula is C15H18. The molecule has 0 unspecified atom stereocenters. The largest absolute Gasteiger partial charge is 0.0773 e. The Labute approximate surface area is 92.3 Å². The second kappa shape index (κ2) is 4.06.